The summed E-state index contributed by atoms with van der Waals surface area (Å²) in [5.74, 6) is -0.0152. The lowest BCUT2D eigenvalue weighted by molar-refractivity contribution is -0.380. The summed E-state index contributed by atoms with van der Waals surface area (Å²) in [4.78, 5) is 22.2. The van der Waals surface area contributed by atoms with Crippen molar-refractivity contribution in [3.8, 4) is 0 Å². The van der Waals surface area contributed by atoms with Gasteiger partial charge in [0.05, 0.1) is 9.80 Å². The van der Waals surface area contributed by atoms with Crippen LogP contribution in [0.4, 0.5) is 10.7 Å². The fraction of sp³-hybridized carbons (Fsp3) is 0.0833. The van der Waals surface area contributed by atoms with Crippen molar-refractivity contribution in [1.29, 1.82) is 0 Å². The number of amides is 1. The fourth-order valence-electron chi connectivity index (χ4n) is 1.47. The summed E-state index contributed by atoms with van der Waals surface area (Å²) in [6.45, 7) is 0. The van der Waals surface area contributed by atoms with Gasteiger partial charge in [-0.2, -0.15) is 0 Å². The number of hydrogen-bond acceptors (Lipinski definition) is 4. The number of alkyl halides is 1. The molecule has 2 aromatic rings. The average molecular weight is 297 g/mol. The standard InChI is InChI=1S/C12H9ClN2O3S/c13-7-8-2-1-3-9(6-8)14-12(16)10-4-5-11(19-10)15(17)18/h1-6H,7H2,(H,14,16). The fourth-order valence-corrected chi connectivity index (χ4v) is 2.35. The first-order chi connectivity index (χ1) is 9.10. The molecule has 0 atom stereocenters. The van der Waals surface area contributed by atoms with Crippen LogP contribution in [0.3, 0.4) is 0 Å². The van der Waals surface area contributed by atoms with Crippen LogP contribution in [0.1, 0.15) is 15.2 Å². The Balaban J connectivity index is 2.13. The Morgan fingerprint density at radius 3 is 2.79 bits per heavy atom. The van der Waals surface area contributed by atoms with Crippen LogP contribution < -0.4 is 5.32 Å². The molecule has 1 N–H and O–H groups in total. The minimum atomic E-state index is -0.518. The number of nitro groups is 1. The highest BCUT2D eigenvalue weighted by Crippen LogP contribution is 2.24. The molecule has 1 amide bonds. The van der Waals surface area contributed by atoms with E-state index in [0.29, 0.717) is 16.4 Å². The van der Waals surface area contributed by atoms with Crippen molar-refractivity contribution in [3.63, 3.8) is 0 Å². The van der Waals surface area contributed by atoms with Gasteiger partial charge in [0.25, 0.3) is 5.91 Å². The van der Waals surface area contributed by atoms with E-state index in [1.165, 1.54) is 12.1 Å². The van der Waals surface area contributed by atoms with Gasteiger partial charge in [-0.05, 0) is 23.8 Å². The largest absolute Gasteiger partial charge is 0.324 e. The average Bonchev–Trinajstić information content (AvgIpc) is 2.89. The van der Waals surface area contributed by atoms with Gasteiger partial charge in [0.2, 0.25) is 0 Å². The van der Waals surface area contributed by atoms with Crippen LogP contribution in [0.2, 0.25) is 0 Å². The zero-order chi connectivity index (χ0) is 13.8. The molecule has 0 bridgehead atoms. The van der Waals surface area contributed by atoms with Crippen molar-refractivity contribution < 1.29 is 9.72 Å². The van der Waals surface area contributed by atoms with Gasteiger partial charge < -0.3 is 5.32 Å². The predicted molar refractivity (Wildman–Crippen MR) is 74.9 cm³/mol. The first kappa shape index (κ1) is 13.5. The third-order valence-corrected chi connectivity index (χ3v) is 3.68. The molecule has 0 fully saturated rings. The molecule has 2 rings (SSSR count). The summed E-state index contributed by atoms with van der Waals surface area (Å²) in [6, 6.07) is 9.87. The Labute approximate surface area is 118 Å². The Morgan fingerprint density at radius 2 is 2.16 bits per heavy atom. The first-order valence-electron chi connectivity index (χ1n) is 5.30. The molecule has 0 spiro atoms. The molecule has 5 nitrogen and oxygen atoms in total. The monoisotopic (exact) mass is 296 g/mol. The van der Waals surface area contributed by atoms with Gasteiger partial charge in [-0.15, -0.1) is 11.6 Å². The molecule has 19 heavy (non-hydrogen) atoms. The van der Waals surface area contributed by atoms with Crippen LogP contribution in [0, 0.1) is 10.1 Å². The van der Waals surface area contributed by atoms with E-state index in [4.69, 9.17) is 11.6 Å². The Morgan fingerprint density at radius 1 is 1.37 bits per heavy atom. The van der Waals surface area contributed by atoms with Crippen molar-refractivity contribution in [2.75, 3.05) is 5.32 Å². The molecular formula is C12H9ClN2O3S. The number of nitrogens with zero attached hydrogens (tertiary/aromatic N) is 1. The number of hydrogen-bond donors (Lipinski definition) is 1. The zero-order valence-corrected chi connectivity index (χ0v) is 11.2. The summed E-state index contributed by atoms with van der Waals surface area (Å²) in [7, 11) is 0. The molecule has 0 saturated carbocycles. The summed E-state index contributed by atoms with van der Waals surface area (Å²) in [5.41, 5.74) is 1.50. The summed E-state index contributed by atoms with van der Waals surface area (Å²) >= 11 is 6.55. The van der Waals surface area contributed by atoms with E-state index < -0.39 is 4.92 Å². The molecule has 0 aliphatic carbocycles. The molecule has 1 aromatic heterocycles. The van der Waals surface area contributed by atoms with Crippen molar-refractivity contribution >= 4 is 39.5 Å². The van der Waals surface area contributed by atoms with Gasteiger partial charge in [0.1, 0.15) is 0 Å². The lowest BCUT2D eigenvalue weighted by atomic mass is 10.2. The van der Waals surface area contributed by atoms with Gasteiger partial charge >= 0.3 is 5.00 Å². The van der Waals surface area contributed by atoms with Crippen LogP contribution in [0.25, 0.3) is 0 Å². The van der Waals surface area contributed by atoms with E-state index in [0.717, 1.165) is 16.9 Å². The van der Waals surface area contributed by atoms with Crippen molar-refractivity contribution in [3.05, 3.63) is 57.0 Å². The van der Waals surface area contributed by atoms with E-state index in [-0.39, 0.29) is 10.9 Å². The highest BCUT2D eigenvalue weighted by molar-refractivity contribution is 7.17. The van der Waals surface area contributed by atoms with E-state index in [9.17, 15) is 14.9 Å². The summed E-state index contributed by atoms with van der Waals surface area (Å²) < 4.78 is 0. The highest BCUT2D eigenvalue weighted by atomic mass is 35.5. The maximum Gasteiger partial charge on any atom is 0.324 e. The molecule has 0 unspecified atom stereocenters. The number of nitrogens with one attached hydrogen (secondary N) is 1. The van der Waals surface area contributed by atoms with Gasteiger partial charge in [-0.25, -0.2) is 0 Å². The zero-order valence-electron chi connectivity index (χ0n) is 9.63. The number of benzene rings is 1. The van der Waals surface area contributed by atoms with E-state index in [2.05, 4.69) is 5.32 Å². The number of halogens is 1. The molecule has 98 valence electrons. The molecule has 0 aliphatic rings. The maximum atomic E-state index is 11.9. The SMILES string of the molecule is O=C(Nc1cccc(CCl)c1)c1ccc([N+](=O)[O-])s1. The second kappa shape index (κ2) is 5.81. The normalized spacial score (nSPS) is 10.2. The van der Waals surface area contributed by atoms with Crippen LogP contribution in [0.15, 0.2) is 36.4 Å². The van der Waals surface area contributed by atoms with Crippen LogP contribution in [0.5, 0.6) is 0 Å². The first-order valence-corrected chi connectivity index (χ1v) is 6.66. The van der Waals surface area contributed by atoms with E-state index in [1.54, 1.807) is 18.2 Å². The van der Waals surface area contributed by atoms with Crippen molar-refractivity contribution in [2.24, 2.45) is 0 Å². The lowest BCUT2D eigenvalue weighted by Gasteiger charge is -2.04. The molecule has 0 aliphatic heterocycles. The second-order valence-corrected chi connectivity index (χ2v) is 5.01. The molecule has 1 heterocycles. The van der Waals surface area contributed by atoms with Crippen molar-refractivity contribution in [1.82, 2.24) is 0 Å². The summed E-state index contributed by atoms with van der Waals surface area (Å²) in [5, 5.41) is 13.2. The Bertz CT molecular complexity index is 627. The third kappa shape index (κ3) is 3.30. The number of carbonyl (C=O) groups is 1. The van der Waals surface area contributed by atoms with Gasteiger partial charge in [0.15, 0.2) is 0 Å². The molecule has 0 saturated heterocycles. The second-order valence-electron chi connectivity index (χ2n) is 3.68. The van der Waals surface area contributed by atoms with Crippen LogP contribution in [-0.4, -0.2) is 10.8 Å². The number of thiophene rings is 1. The minimum Gasteiger partial charge on any atom is -0.321 e. The predicted octanol–water partition coefficient (Wildman–Crippen LogP) is 3.65. The van der Waals surface area contributed by atoms with Gasteiger partial charge in [-0.1, -0.05) is 23.5 Å². The topological polar surface area (TPSA) is 72.2 Å². The number of carbonyl (C=O) groups excluding carboxylic acids is 1. The van der Waals surface area contributed by atoms with Crippen molar-refractivity contribution in [2.45, 2.75) is 5.88 Å². The van der Waals surface area contributed by atoms with Crippen LogP contribution >= 0.6 is 22.9 Å². The number of anilines is 1. The smallest absolute Gasteiger partial charge is 0.321 e. The highest BCUT2D eigenvalue weighted by Gasteiger charge is 2.15. The molecule has 1 aromatic carbocycles. The number of rotatable bonds is 4. The quantitative estimate of drug-likeness (QED) is 0.532. The Kier molecular flexibility index (Phi) is 4.13. The minimum absolute atomic E-state index is 0.0559. The van der Waals surface area contributed by atoms with E-state index in [1.807, 2.05) is 6.07 Å². The van der Waals surface area contributed by atoms with E-state index >= 15 is 0 Å². The molecule has 0 radical (unpaired) electrons. The third-order valence-electron chi connectivity index (χ3n) is 2.33. The Hall–Kier alpha value is -1.92. The van der Waals surface area contributed by atoms with Crippen LogP contribution in [-0.2, 0) is 5.88 Å². The molecule has 7 heteroatoms. The van der Waals surface area contributed by atoms with Gasteiger partial charge in [-0.3, -0.25) is 14.9 Å². The summed E-state index contributed by atoms with van der Waals surface area (Å²) in [6.07, 6.45) is 0. The van der Waals surface area contributed by atoms with Gasteiger partial charge in [0, 0.05) is 17.6 Å². The maximum absolute atomic E-state index is 11.9. The lowest BCUT2D eigenvalue weighted by Crippen LogP contribution is -2.10. The molecular weight excluding hydrogens is 288 g/mol.